The molecule has 0 spiro atoms. The van der Waals surface area contributed by atoms with Crippen LogP contribution in [0.15, 0.2) is 309 Å². The summed E-state index contributed by atoms with van der Waals surface area (Å²) in [6, 6.07) is 114. The van der Waals surface area contributed by atoms with Crippen LogP contribution in [0.25, 0.3) is 177 Å². The first-order valence-electron chi connectivity index (χ1n) is 31.2. The van der Waals surface area contributed by atoms with Crippen molar-refractivity contribution < 1.29 is 0 Å². The summed E-state index contributed by atoms with van der Waals surface area (Å²) in [5.41, 5.74) is 21.5. The minimum atomic E-state index is 0.564. The largest absolute Gasteiger partial charge is 0.309 e. The van der Waals surface area contributed by atoms with Crippen LogP contribution in [-0.4, -0.2) is 28.2 Å². The summed E-state index contributed by atoms with van der Waals surface area (Å²) < 4.78 is 9.62. The first-order chi connectivity index (χ1) is 45.6. The third-order valence-electron chi connectivity index (χ3n) is 18.9. The van der Waals surface area contributed by atoms with Crippen molar-refractivity contribution in [2.24, 2.45) is 0 Å². The van der Waals surface area contributed by atoms with E-state index in [-0.39, 0.29) is 0 Å². The van der Waals surface area contributed by atoms with Gasteiger partial charge in [0.1, 0.15) is 0 Å². The molecule has 92 heavy (non-hydrogen) atoms. The van der Waals surface area contributed by atoms with Crippen LogP contribution in [-0.2, 0) is 0 Å². The predicted molar refractivity (Wildman–Crippen MR) is 381 cm³/mol. The Labute approximate surface area is 528 Å². The lowest BCUT2D eigenvalue weighted by Crippen LogP contribution is -2.02. The highest BCUT2D eigenvalue weighted by molar-refractivity contribution is 6.16. The van der Waals surface area contributed by atoms with Crippen molar-refractivity contribution in [1.29, 1.82) is 5.26 Å². The summed E-state index contributed by atoms with van der Waals surface area (Å²) in [7, 11) is 0. The van der Waals surface area contributed by atoms with Gasteiger partial charge >= 0.3 is 0 Å². The molecular weight excluding hydrogens is 1120 g/mol. The second-order valence-electron chi connectivity index (χ2n) is 24.0. The molecule has 0 fully saturated rings. The van der Waals surface area contributed by atoms with Gasteiger partial charge in [0, 0.05) is 82.4 Å². The topological polar surface area (TPSA) is 69.3 Å². The van der Waals surface area contributed by atoms with Gasteiger partial charge < -0.3 is 18.3 Å². The van der Waals surface area contributed by atoms with Crippen molar-refractivity contribution >= 4 is 109 Å². The number of hydrogen-bond acceptors (Lipinski definition) is 3. The molecule has 5 heterocycles. The molecule has 0 saturated heterocycles. The summed E-state index contributed by atoms with van der Waals surface area (Å²) in [6.45, 7) is 0. The van der Waals surface area contributed by atoms with Crippen LogP contribution in [0.5, 0.6) is 0 Å². The Bertz CT molecular complexity index is 6040. The molecule has 0 atom stereocenters. The lowest BCUT2D eigenvalue weighted by Gasteiger charge is -2.17. The number of fused-ring (bicyclic) bond motifs is 15. The van der Waals surface area contributed by atoms with Gasteiger partial charge in [-0.05, 0) is 154 Å². The number of nitriles is 1. The predicted octanol–water partition coefficient (Wildman–Crippen LogP) is 21.7. The summed E-state index contributed by atoms with van der Waals surface area (Å²) in [5.74, 6) is 0.571. The van der Waals surface area contributed by atoms with Crippen molar-refractivity contribution in [2.75, 3.05) is 0 Å². The number of hydrogen-bond donors (Lipinski definition) is 0. The Balaban J connectivity index is 0.864. The average molecular weight is 1170 g/mol. The van der Waals surface area contributed by atoms with E-state index in [4.69, 9.17) is 9.97 Å². The molecular formula is C85H51N7. The summed E-state index contributed by atoms with van der Waals surface area (Å²) in [5, 5.41) is 22.8. The van der Waals surface area contributed by atoms with E-state index in [0.717, 1.165) is 138 Å². The van der Waals surface area contributed by atoms with Gasteiger partial charge in [0.15, 0.2) is 5.82 Å². The summed E-state index contributed by atoms with van der Waals surface area (Å²) in [4.78, 5) is 11.2. The second-order valence-corrected chi connectivity index (χ2v) is 24.0. The van der Waals surface area contributed by atoms with E-state index in [0.29, 0.717) is 11.4 Å². The fraction of sp³-hybridized carbons (Fsp3) is 0. The van der Waals surface area contributed by atoms with Crippen LogP contribution in [0, 0.1) is 11.3 Å². The van der Waals surface area contributed by atoms with E-state index in [2.05, 4.69) is 316 Å². The fourth-order valence-corrected chi connectivity index (χ4v) is 14.8. The molecule has 0 radical (unpaired) electrons. The zero-order valence-corrected chi connectivity index (χ0v) is 49.6. The lowest BCUT2D eigenvalue weighted by molar-refractivity contribution is 1.13. The maximum absolute atomic E-state index is 10.3. The molecule has 0 aliphatic rings. The summed E-state index contributed by atoms with van der Waals surface area (Å²) >= 11 is 0. The quantitative estimate of drug-likeness (QED) is 0.142. The molecule has 0 aliphatic carbocycles. The maximum Gasteiger partial charge on any atom is 0.160 e. The van der Waals surface area contributed by atoms with Crippen molar-refractivity contribution in [3.05, 3.63) is 315 Å². The van der Waals surface area contributed by atoms with Crippen LogP contribution < -0.4 is 0 Å². The van der Waals surface area contributed by atoms with E-state index >= 15 is 0 Å². The van der Waals surface area contributed by atoms with Crippen LogP contribution in [0.3, 0.4) is 0 Å². The Morgan fingerprint density at radius 3 is 1.20 bits per heavy atom. The normalized spacial score (nSPS) is 11.9. The van der Waals surface area contributed by atoms with Crippen molar-refractivity contribution in [3.8, 4) is 73.7 Å². The van der Waals surface area contributed by atoms with Crippen LogP contribution >= 0.6 is 0 Å². The monoisotopic (exact) mass is 1170 g/mol. The molecule has 7 nitrogen and oxygen atoms in total. The zero-order chi connectivity index (χ0) is 60.5. The molecule has 0 unspecified atom stereocenters. The van der Waals surface area contributed by atoms with Gasteiger partial charge in [-0.25, -0.2) is 9.97 Å². The molecule has 0 N–H and O–H groups in total. The average Bonchev–Trinajstić information content (AvgIpc) is 1.39. The van der Waals surface area contributed by atoms with Crippen molar-refractivity contribution in [1.82, 2.24) is 28.2 Å². The third kappa shape index (κ3) is 7.88. The Kier molecular flexibility index (Phi) is 11.3. The number of benzene rings is 14. The minimum Gasteiger partial charge on any atom is -0.309 e. The standard InChI is InChI=1S/C85H51N7/c86-52-53-18-17-20-59(44-53)84-83-65-25-8-7-19-54(65)36-41-74(83)87-85(88-84)60-45-63(91-75-30-13-9-26-66(75)70-39-34-57(49-81(70)91)55-37-42-79-72(47-55)68-28-11-15-32-77(68)89(79)61-21-3-1-4-22-61)51-64(46-60)92-76-31-14-10-27-67(76)71-40-35-58(50-82(71)92)56-38-43-80-73(48-56)69-29-12-16-33-78(69)90(80)62-23-5-2-6-24-62/h1-51H. The molecule has 426 valence electrons. The Morgan fingerprint density at radius 1 is 0.250 bits per heavy atom. The smallest absolute Gasteiger partial charge is 0.160 e. The third-order valence-corrected chi connectivity index (χ3v) is 18.9. The maximum atomic E-state index is 10.3. The van der Waals surface area contributed by atoms with Gasteiger partial charge in [-0.2, -0.15) is 5.26 Å². The summed E-state index contributed by atoms with van der Waals surface area (Å²) in [6.07, 6.45) is 0. The minimum absolute atomic E-state index is 0.564. The van der Waals surface area contributed by atoms with E-state index in [9.17, 15) is 5.26 Å². The number of para-hydroxylation sites is 6. The zero-order valence-electron chi connectivity index (χ0n) is 49.6. The van der Waals surface area contributed by atoms with E-state index in [1.54, 1.807) is 0 Å². The van der Waals surface area contributed by atoms with Crippen molar-refractivity contribution in [2.45, 2.75) is 0 Å². The van der Waals surface area contributed by atoms with Gasteiger partial charge in [0.25, 0.3) is 0 Å². The number of rotatable bonds is 8. The Hall–Kier alpha value is -12.6. The molecule has 0 bridgehead atoms. The molecule has 0 aliphatic heterocycles. The van der Waals surface area contributed by atoms with E-state index in [1.165, 1.54) is 32.6 Å². The highest BCUT2D eigenvalue weighted by Crippen LogP contribution is 2.44. The van der Waals surface area contributed by atoms with Crippen LogP contribution in [0.2, 0.25) is 0 Å². The van der Waals surface area contributed by atoms with E-state index < -0.39 is 0 Å². The lowest BCUT2D eigenvalue weighted by atomic mass is 9.98. The second kappa shape index (κ2) is 20.2. The molecule has 5 aromatic heterocycles. The van der Waals surface area contributed by atoms with Gasteiger partial charge in [-0.15, -0.1) is 0 Å². The number of nitrogens with zero attached hydrogens (tertiary/aromatic N) is 7. The van der Waals surface area contributed by atoms with Crippen LogP contribution in [0.1, 0.15) is 5.56 Å². The first-order valence-corrected chi connectivity index (χ1v) is 31.2. The molecule has 7 heteroatoms. The first kappa shape index (κ1) is 51.4. The molecule has 19 aromatic rings. The molecule has 0 amide bonds. The van der Waals surface area contributed by atoms with Crippen molar-refractivity contribution in [3.63, 3.8) is 0 Å². The molecule has 14 aromatic carbocycles. The molecule has 19 rings (SSSR count). The fourth-order valence-electron chi connectivity index (χ4n) is 14.8. The van der Waals surface area contributed by atoms with Gasteiger partial charge in [0.05, 0.1) is 67.0 Å². The van der Waals surface area contributed by atoms with Gasteiger partial charge in [0.2, 0.25) is 0 Å². The molecule has 0 saturated carbocycles. The highest BCUT2D eigenvalue weighted by atomic mass is 15.0. The van der Waals surface area contributed by atoms with Gasteiger partial charge in [-0.1, -0.05) is 188 Å². The number of aromatic nitrogens is 6. The Morgan fingerprint density at radius 2 is 0.674 bits per heavy atom. The van der Waals surface area contributed by atoms with Crippen LogP contribution in [0.4, 0.5) is 0 Å². The highest BCUT2D eigenvalue weighted by Gasteiger charge is 2.23. The van der Waals surface area contributed by atoms with Gasteiger partial charge in [-0.3, -0.25) is 0 Å². The van der Waals surface area contributed by atoms with E-state index in [1.807, 2.05) is 18.2 Å². The SMILES string of the molecule is N#Cc1cccc(-c2nc(-c3cc(-n4c5ccccc5c5ccc(-c6ccc7c(c6)c6ccccc6n7-c6ccccc6)cc54)cc(-n4c5ccccc5c5ccc(-c6ccc7c(c6)c6ccccc6n7-c6ccccc6)cc54)c3)nc3ccc4ccccc4c23)c1.